The second kappa shape index (κ2) is 8.65. The van der Waals surface area contributed by atoms with E-state index in [1.807, 2.05) is 0 Å². The van der Waals surface area contributed by atoms with Crippen LogP contribution < -0.4 is 5.32 Å². The molecule has 0 saturated carbocycles. The number of carbonyl (C=O) groups is 1. The minimum atomic E-state index is -5.65. The van der Waals surface area contributed by atoms with E-state index in [0.717, 1.165) is 6.07 Å². The number of hydrogen-bond donors (Lipinski definition) is 2. The molecule has 0 saturated heterocycles. The monoisotopic (exact) mass is 512 g/mol. The Labute approximate surface area is 189 Å². The standard InChI is InChI=1S/C19H19ClF3NO6S2/c1-9-14(31(27)28)8-11(18(2,3)4)16(25)15(9)17(26)24-13-6-5-10(7-12(13)20)32(29,30)19(21,22)23/h5-8,25H,1-4H3,(H,24,26)(H,27,28)/p-1. The summed E-state index contributed by atoms with van der Waals surface area (Å²) in [5.41, 5.74) is -6.80. The van der Waals surface area contributed by atoms with Crippen LogP contribution in [0.4, 0.5) is 18.9 Å². The second-order valence-electron chi connectivity index (χ2n) is 7.80. The fraction of sp³-hybridized carbons (Fsp3) is 0.316. The number of nitrogens with one attached hydrogen (secondary N) is 1. The van der Waals surface area contributed by atoms with Gasteiger partial charge in [0.25, 0.3) is 15.7 Å². The Bertz CT molecular complexity index is 1220. The molecule has 1 unspecified atom stereocenters. The van der Waals surface area contributed by atoms with Crippen LogP contribution in [0.1, 0.15) is 42.3 Å². The molecule has 0 heterocycles. The first-order chi connectivity index (χ1) is 14.4. The van der Waals surface area contributed by atoms with Crippen molar-refractivity contribution in [1.29, 1.82) is 0 Å². The number of carbonyl (C=O) groups excluding carboxylic acids is 1. The molecule has 2 N–H and O–H groups in total. The van der Waals surface area contributed by atoms with Crippen LogP contribution >= 0.6 is 11.6 Å². The van der Waals surface area contributed by atoms with Crippen LogP contribution in [0.3, 0.4) is 0 Å². The normalized spacial score (nSPS) is 13.7. The molecule has 176 valence electrons. The number of sulfone groups is 1. The zero-order chi connectivity index (χ0) is 24.8. The average Bonchev–Trinajstić information content (AvgIpc) is 2.61. The summed E-state index contributed by atoms with van der Waals surface area (Å²) in [6, 6.07) is 3.23. The molecule has 2 aromatic rings. The van der Waals surface area contributed by atoms with Gasteiger partial charge in [0.15, 0.2) is 0 Å². The number of aromatic hydroxyl groups is 1. The molecule has 2 rings (SSSR count). The zero-order valence-electron chi connectivity index (χ0n) is 17.1. The molecular weight excluding hydrogens is 495 g/mol. The SMILES string of the molecule is Cc1c(S(=O)[O-])cc(C(C)(C)C)c(O)c1C(=O)Nc1ccc(S(=O)(=O)C(F)(F)F)cc1Cl. The Kier molecular flexibility index (Phi) is 7.06. The lowest BCUT2D eigenvalue weighted by Gasteiger charge is -2.25. The van der Waals surface area contributed by atoms with Crippen molar-refractivity contribution in [3.8, 4) is 5.75 Å². The molecule has 2 aromatic carbocycles. The van der Waals surface area contributed by atoms with Crippen LogP contribution in [0, 0.1) is 6.92 Å². The summed E-state index contributed by atoms with van der Waals surface area (Å²) in [6.45, 7) is 6.36. The number of amides is 1. The lowest BCUT2D eigenvalue weighted by atomic mass is 9.84. The van der Waals surface area contributed by atoms with Crippen LogP contribution in [0.5, 0.6) is 5.75 Å². The number of hydrogen-bond acceptors (Lipinski definition) is 6. The Morgan fingerprint density at radius 1 is 1.19 bits per heavy atom. The Morgan fingerprint density at radius 3 is 2.19 bits per heavy atom. The largest absolute Gasteiger partial charge is 0.768 e. The number of rotatable bonds is 4. The highest BCUT2D eigenvalue weighted by molar-refractivity contribution is 7.92. The van der Waals surface area contributed by atoms with E-state index in [4.69, 9.17) is 11.6 Å². The van der Waals surface area contributed by atoms with Crippen LogP contribution in [0.2, 0.25) is 5.02 Å². The third-order valence-corrected chi connectivity index (χ3v) is 7.11. The predicted molar refractivity (Wildman–Crippen MR) is 111 cm³/mol. The molecule has 0 aliphatic heterocycles. The Balaban J connectivity index is 2.57. The van der Waals surface area contributed by atoms with Crippen LogP contribution in [-0.2, 0) is 26.3 Å². The van der Waals surface area contributed by atoms with E-state index in [0.29, 0.717) is 12.1 Å². The van der Waals surface area contributed by atoms with Gasteiger partial charge in [-0.1, -0.05) is 32.4 Å². The van der Waals surface area contributed by atoms with Crippen LogP contribution in [0.25, 0.3) is 0 Å². The molecule has 0 aromatic heterocycles. The molecule has 0 spiro atoms. The van der Waals surface area contributed by atoms with Crippen molar-refractivity contribution in [2.45, 2.75) is 48.4 Å². The van der Waals surface area contributed by atoms with E-state index in [1.165, 1.54) is 13.0 Å². The molecule has 32 heavy (non-hydrogen) atoms. The van der Waals surface area contributed by atoms with Crippen LogP contribution in [0.15, 0.2) is 34.1 Å². The Hall–Kier alpha value is -2.15. The van der Waals surface area contributed by atoms with Gasteiger partial charge in [0.1, 0.15) is 5.75 Å². The highest BCUT2D eigenvalue weighted by Crippen LogP contribution is 2.39. The quantitative estimate of drug-likeness (QED) is 0.584. The summed E-state index contributed by atoms with van der Waals surface area (Å²) >= 11 is 3.14. The van der Waals surface area contributed by atoms with Gasteiger partial charge in [-0.25, -0.2) is 8.42 Å². The molecule has 1 amide bonds. The lowest BCUT2D eigenvalue weighted by molar-refractivity contribution is -0.0436. The summed E-state index contributed by atoms with van der Waals surface area (Å²) in [5.74, 6) is -1.47. The van der Waals surface area contributed by atoms with Gasteiger partial charge >= 0.3 is 5.51 Å². The maximum Gasteiger partial charge on any atom is 0.501 e. The van der Waals surface area contributed by atoms with Crippen molar-refractivity contribution in [1.82, 2.24) is 0 Å². The minimum absolute atomic E-state index is 0.0614. The van der Waals surface area contributed by atoms with Gasteiger partial charge in [-0.15, -0.1) is 0 Å². The van der Waals surface area contributed by atoms with E-state index in [2.05, 4.69) is 5.32 Å². The van der Waals surface area contributed by atoms with Gasteiger partial charge in [0, 0.05) is 10.5 Å². The number of phenols is 1. The third-order valence-electron chi connectivity index (χ3n) is 4.53. The minimum Gasteiger partial charge on any atom is -0.768 e. The van der Waals surface area contributed by atoms with Gasteiger partial charge in [-0.05, 0) is 53.2 Å². The molecule has 0 radical (unpaired) electrons. The second-order valence-corrected chi connectivity index (χ2v) is 11.1. The number of phenolic OH excluding ortho intramolecular Hbond substituents is 1. The molecule has 0 fully saturated rings. The summed E-state index contributed by atoms with van der Waals surface area (Å²) < 4.78 is 84.5. The van der Waals surface area contributed by atoms with Gasteiger partial charge in [0.05, 0.1) is 21.2 Å². The van der Waals surface area contributed by atoms with Crippen molar-refractivity contribution in [3.63, 3.8) is 0 Å². The smallest absolute Gasteiger partial charge is 0.501 e. The number of anilines is 1. The van der Waals surface area contributed by atoms with Crippen molar-refractivity contribution in [2.75, 3.05) is 5.32 Å². The first-order valence-corrected chi connectivity index (χ1v) is 11.7. The molecule has 13 heteroatoms. The summed E-state index contributed by atoms with van der Waals surface area (Å²) in [4.78, 5) is 11.5. The molecule has 1 atom stereocenters. The lowest BCUT2D eigenvalue weighted by Crippen LogP contribution is -2.23. The summed E-state index contributed by atoms with van der Waals surface area (Å²) in [7, 11) is -5.65. The summed E-state index contributed by atoms with van der Waals surface area (Å²) in [5, 5.41) is 12.4. The van der Waals surface area contributed by atoms with Gasteiger partial charge in [0.2, 0.25) is 0 Å². The number of benzene rings is 2. The molecule has 0 aliphatic rings. The fourth-order valence-corrected chi connectivity index (χ4v) is 4.49. The van der Waals surface area contributed by atoms with Gasteiger partial charge < -0.3 is 15.0 Å². The average molecular weight is 513 g/mol. The topological polar surface area (TPSA) is 124 Å². The van der Waals surface area contributed by atoms with Crippen molar-refractivity contribution in [2.24, 2.45) is 0 Å². The highest BCUT2D eigenvalue weighted by Gasteiger charge is 2.47. The van der Waals surface area contributed by atoms with Crippen molar-refractivity contribution >= 4 is 44.1 Å². The molecule has 0 aliphatic carbocycles. The maximum absolute atomic E-state index is 12.9. The maximum atomic E-state index is 12.9. The first-order valence-electron chi connectivity index (χ1n) is 8.78. The van der Waals surface area contributed by atoms with E-state index in [1.54, 1.807) is 20.8 Å². The van der Waals surface area contributed by atoms with Crippen molar-refractivity contribution < 1.29 is 40.3 Å². The van der Waals surface area contributed by atoms with E-state index in [-0.39, 0.29) is 27.3 Å². The Morgan fingerprint density at radius 2 is 1.75 bits per heavy atom. The van der Waals surface area contributed by atoms with E-state index >= 15 is 0 Å². The highest BCUT2D eigenvalue weighted by atomic mass is 35.5. The third kappa shape index (κ3) is 4.92. The van der Waals surface area contributed by atoms with Crippen molar-refractivity contribution in [3.05, 3.63) is 46.0 Å². The zero-order valence-corrected chi connectivity index (χ0v) is 19.5. The molecule has 0 bridgehead atoms. The van der Waals surface area contributed by atoms with E-state index < -0.39 is 53.4 Å². The molecular formula is C19H18ClF3NO6S2-. The van der Waals surface area contributed by atoms with E-state index in [9.17, 15) is 40.3 Å². The summed E-state index contributed by atoms with van der Waals surface area (Å²) in [6.07, 6.45) is 0. The first kappa shape index (κ1) is 26.1. The fourth-order valence-electron chi connectivity index (χ4n) is 2.85. The number of halogens is 4. The molecule has 7 nitrogen and oxygen atoms in total. The van der Waals surface area contributed by atoms with Gasteiger partial charge in [-0.2, -0.15) is 13.2 Å². The van der Waals surface area contributed by atoms with Crippen LogP contribution in [-0.4, -0.2) is 33.7 Å². The predicted octanol–water partition coefficient (Wildman–Crippen LogP) is 4.44. The number of alkyl halides is 3. The van der Waals surface area contributed by atoms with Gasteiger partial charge in [-0.3, -0.25) is 9.00 Å².